The second-order valence-electron chi connectivity index (χ2n) is 3.53. The molecule has 7 heteroatoms. The normalized spacial score (nSPS) is 12.0. The van der Waals surface area contributed by atoms with Crippen molar-refractivity contribution in [1.82, 2.24) is 5.32 Å². The van der Waals surface area contributed by atoms with Crippen LogP contribution in [0.1, 0.15) is 26.2 Å². The molecule has 3 N–H and O–H groups in total. The van der Waals surface area contributed by atoms with Crippen LogP contribution < -0.4 is 11.1 Å². The first kappa shape index (κ1) is 18.3. The van der Waals surface area contributed by atoms with Gasteiger partial charge in [-0.05, 0) is 12.8 Å². The molecule has 16 heavy (non-hydrogen) atoms. The van der Waals surface area contributed by atoms with Gasteiger partial charge in [0.25, 0.3) is 0 Å². The minimum absolute atomic E-state index is 0. The Morgan fingerprint density at radius 3 is 2.50 bits per heavy atom. The Bertz CT molecular complexity index is 291. The number of hydrogen-bond donors (Lipinski definition) is 2. The Morgan fingerprint density at radius 2 is 2.00 bits per heavy atom. The maximum absolute atomic E-state index is 10.8. The van der Waals surface area contributed by atoms with E-state index in [-0.39, 0.29) is 29.7 Å². The summed E-state index contributed by atoms with van der Waals surface area (Å²) in [7, 11) is -2.87. The van der Waals surface area contributed by atoms with Crippen molar-refractivity contribution in [3.8, 4) is 0 Å². The van der Waals surface area contributed by atoms with Crippen LogP contribution in [-0.2, 0) is 9.84 Å². The van der Waals surface area contributed by atoms with Gasteiger partial charge in [-0.3, -0.25) is 4.99 Å². The smallest absolute Gasteiger partial charge is 0.188 e. The van der Waals surface area contributed by atoms with E-state index in [1.165, 1.54) is 6.26 Å². The number of sulfone groups is 1. The van der Waals surface area contributed by atoms with E-state index in [1.807, 2.05) is 0 Å². The Labute approximate surface area is 115 Å². The van der Waals surface area contributed by atoms with Gasteiger partial charge in [-0.25, -0.2) is 8.42 Å². The van der Waals surface area contributed by atoms with Gasteiger partial charge in [0.2, 0.25) is 0 Å². The molecule has 0 saturated heterocycles. The van der Waals surface area contributed by atoms with Crippen LogP contribution in [0.5, 0.6) is 0 Å². The third-order valence-electron chi connectivity index (χ3n) is 1.79. The van der Waals surface area contributed by atoms with E-state index < -0.39 is 9.84 Å². The SMILES string of the molecule is CCCCNC(N)=NCCCS(C)(=O)=O.I. The average molecular weight is 363 g/mol. The average Bonchev–Trinajstić information content (AvgIpc) is 2.11. The summed E-state index contributed by atoms with van der Waals surface area (Å²) in [4.78, 5) is 4.02. The molecule has 0 radical (unpaired) electrons. The number of guanidine groups is 1. The topological polar surface area (TPSA) is 84.5 Å². The zero-order chi connectivity index (χ0) is 11.7. The molecule has 0 amide bonds. The maximum atomic E-state index is 10.8. The van der Waals surface area contributed by atoms with Crippen LogP contribution in [-0.4, -0.2) is 39.5 Å². The lowest BCUT2D eigenvalue weighted by Crippen LogP contribution is -2.32. The molecule has 0 aliphatic rings. The fourth-order valence-corrected chi connectivity index (χ4v) is 1.63. The highest BCUT2D eigenvalue weighted by Gasteiger charge is 2.00. The van der Waals surface area contributed by atoms with Crippen LogP contribution in [0.15, 0.2) is 4.99 Å². The molecule has 0 rings (SSSR count). The number of unbranched alkanes of at least 4 members (excludes halogenated alkanes) is 1. The quantitative estimate of drug-likeness (QED) is 0.303. The van der Waals surface area contributed by atoms with Gasteiger partial charge in [0, 0.05) is 19.3 Å². The fraction of sp³-hybridized carbons (Fsp3) is 0.889. The number of nitrogens with one attached hydrogen (secondary N) is 1. The minimum Gasteiger partial charge on any atom is -0.370 e. The number of hydrogen-bond acceptors (Lipinski definition) is 3. The van der Waals surface area contributed by atoms with E-state index in [0.717, 1.165) is 19.4 Å². The molecule has 0 fully saturated rings. The Balaban J connectivity index is 0. The van der Waals surface area contributed by atoms with Crippen molar-refractivity contribution < 1.29 is 8.42 Å². The maximum Gasteiger partial charge on any atom is 0.188 e. The molecule has 0 aliphatic heterocycles. The molecule has 0 unspecified atom stereocenters. The number of rotatable bonds is 7. The fourth-order valence-electron chi connectivity index (χ4n) is 0.975. The van der Waals surface area contributed by atoms with E-state index in [0.29, 0.717) is 18.9 Å². The first-order valence-corrected chi connectivity index (χ1v) is 7.23. The molecular formula is C9H22IN3O2S. The van der Waals surface area contributed by atoms with E-state index in [1.54, 1.807) is 0 Å². The van der Waals surface area contributed by atoms with Gasteiger partial charge in [-0.15, -0.1) is 24.0 Å². The summed E-state index contributed by atoms with van der Waals surface area (Å²) in [5, 5.41) is 2.96. The third kappa shape index (κ3) is 13.9. The van der Waals surface area contributed by atoms with Crippen molar-refractivity contribution >= 4 is 39.8 Å². The van der Waals surface area contributed by atoms with Crippen LogP contribution in [0.25, 0.3) is 0 Å². The molecule has 0 heterocycles. The molecule has 0 aliphatic carbocycles. The molecule has 0 aromatic heterocycles. The molecule has 98 valence electrons. The summed E-state index contributed by atoms with van der Waals surface area (Å²) in [5.41, 5.74) is 5.55. The number of nitrogens with zero attached hydrogens (tertiary/aromatic N) is 1. The molecule has 0 bridgehead atoms. The highest BCUT2D eigenvalue weighted by atomic mass is 127. The zero-order valence-electron chi connectivity index (χ0n) is 9.90. The lowest BCUT2D eigenvalue weighted by Gasteiger charge is -2.03. The largest absolute Gasteiger partial charge is 0.370 e. The molecule has 0 saturated carbocycles. The van der Waals surface area contributed by atoms with Crippen LogP contribution in [0.3, 0.4) is 0 Å². The van der Waals surface area contributed by atoms with Crippen molar-refractivity contribution in [3.05, 3.63) is 0 Å². The third-order valence-corrected chi connectivity index (χ3v) is 2.82. The molecule has 5 nitrogen and oxygen atoms in total. The minimum atomic E-state index is -2.87. The van der Waals surface area contributed by atoms with Crippen LogP contribution in [0.2, 0.25) is 0 Å². The van der Waals surface area contributed by atoms with Gasteiger partial charge >= 0.3 is 0 Å². The second kappa shape index (κ2) is 10.1. The van der Waals surface area contributed by atoms with E-state index in [2.05, 4.69) is 17.2 Å². The monoisotopic (exact) mass is 363 g/mol. The second-order valence-corrected chi connectivity index (χ2v) is 5.79. The molecule has 0 aromatic carbocycles. The summed E-state index contributed by atoms with van der Waals surface area (Å²) in [5.74, 6) is 0.565. The zero-order valence-corrected chi connectivity index (χ0v) is 13.0. The molecule has 0 atom stereocenters. The predicted octanol–water partition coefficient (Wildman–Crippen LogP) is 0.744. The van der Waals surface area contributed by atoms with Gasteiger partial charge in [0.05, 0.1) is 5.75 Å². The van der Waals surface area contributed by atoms with Crippen molar-refractivity contribution in [2.75, 3.05) is 25.1 Å². The summed E-state index contributed by atoms with van der Waals surface area (Å²) in [6, 6.07) is 0. The Morgan fingerprint density at radius 1 is 1.38 bits per heavy atom. The highest BCUT2D eigenvalue weighted by Crippen LogP contribution is 1.89. The van der Waals surface area contributed by atoms with E-state index in [4.69, 9.17) is 5.73 Å². The summed E-state index contributed by atoms with van der Waals surface area (Å²) >= 11 is 0. The Hall–Kier alpha value is -0.0500. The molecule has 0 aromatic rings. The van der Waals surface area contributed by atoms with Crippen molar-refractivity contribution in [2.24, 2.45) is 10.7 Å². The first-order valence-electron chi connectivity index (χ1n) is 5.17. The lowest BCUT2D eigenvalue weighted by molar-refractivity contribution is 0.599. The van der Waals surface area contributed by atoms with Gasteiger partial charge in [0.15, 0.2) is 5.96 Å². The Kier molecular flexibility index (Phi) is 11.6. The summed E-state index contributed by atoms with van der Waals surface area (Å²) in [6.07, 6.45) is 3.91. The van der Waals surface area contributed by atoms with Crippen molar-refractivity contribution in [3.63, 3.8) is 0 Å². The van der Waals surface area contributed by atoms with Gasteiger partial charge in [-0.2, -0.15) is 0 Å². The van der Waals surface area contributed by atoms with Crippen LogP contribution in [0, 0.1) is 0 Å². The van der Waals surface area contributed by atoms with Crippen LogP contribution >= 0.6 is 24.0 Å². The van der Waals surface area contributed by atoms with Crippen LogP contribution in [0.4, 0.5) is 0 Å². The molecule has 0 spiro atoms. The number of nitrogens with two attached hydrogens (primary N) is 1. The summed E-state index contributed by atoms with van der Waals surface area (Å²) in [6.45, 7) is 3.37. The van der Waals surface area contributed by atoms with E-state index >= 15 is 0 Å². The highest BCUT2D eigenvalue weighted by molar-refractivity contribution is 14.0. The lowest BCUT2D eigenvalue weighted by atomic mass is 10.3. The number of aliphatic imine (C=N–C) groups is 1. The first-order chi connectivity index (χ1) is 6.95. The van der Waals surface area contributed by atoms with Gasteiger partial charge in [0.1, 0.15) is 9.84 Å². The summed E-state index contributed by atoms with van der Waals surface area (Å²) < 4.78 is 21.6. The van der Waals surface area contributed by atoms with Crippen molar-refractivity contribution in [1.29, 1.82) is 0 Å². The van der Waals surface area contributed by atoms with Gasteiger partial charge in [-0.1, -0.05) is 13.3 Å². The molecular weight excluding hydrogens is 341 g/mol. The predicted molar refractivity (Wildman–Crippen MR) is 79.1 cm³/mol. The standard InChI is InChI=1S/C9H21N3O2S.HI/c1-3-4-6-11-9(10)12-7-5-8-15(2,13)14;/h3-8H2,1-2H3,(H3,10,11,12);1H. The van der Waals surface area contributed by atoms with E-state index in [9.17, 15) is 8.42 Å². The van der Waals surface area contributed by atoms with Gasteiger partial charge < -0.3 is 11.1 Å². The van der Waals surface area contributed by atoms with Crippen molar-refractivity contribution in [2.45, 2.75) is 26.2 Å². The number of halogens is 1.